The smallest absolute Gasteiger partial charge is 0.125 e. The fourth-order valence-electron chi connectivity index (χ4n) is 3.18. The van der Waals surface area contributed by atoms with Gasteiger partial charge in [-0.1, -0.05) is 30.7 Å². The maximum absolute atomic E-state index is 4.69. The van der Waals surface area contributed by atoms with Crippen LogP contribution in [0.15, 0.2) is 29.4 Å². The molecule has 0 saturated carbocycles. The minimum Gasteiger partial charge on any atom is -0.318 e. The average Bonchev–Trinajstić information content (AvgIpc) is 2.53. The molecule has 1 fully saturated rings. The van der Waals surface area contributed by atoms with Gasteiger partial charge in [0.2, 0.25) is 0 Å². The molecule has 1 aromatic rings. The highest BCUT2D eigenvalue weighted by Gasteiger charge is 2.30. The van der Waals surface area contributed by atoms with Crippen LogP contribution in [0.2, 0.25) is 0 Å². The Labute approximate surface area is 121 Å². The van der Waals surface area contributed by atoms with Gasteiger partial charge in [-0.2, -0.15) is 5.10 Å². The molecule has 1 atom stereocenters. The van der Waals surface area contributed by atoms with Crippen LogP contribution in [0.25, 0.3) is 0 Å². The molecule has 1 saturated heterocycles. The van der Waals surface area contributed by atoms with Crippen molar-refractivity contribution in [2.24, 2.45) is 5.10 Å². The van der Waals surface area contributed by atoms with Crippen molar-refractivity contribution in [3.63, 3.8) is 0 Å². The maximum Gasteiger partial charge on any atom is 0.125 e. The second-order valence-corrected chi connectivity index (χ2v) is 5.61. The van der Waals surface area contributed by atoms with Crippen molar-refractivity contribution in [2.45, 2.75) is 25.4 Å². The van der Waals surface area contributed by atoms with E-state index in [9.17, 15) is 0 Å². The fraction of sp³-hybridized carbons (Fsp3) is 0.562. The molecule has 1 N–H and O–H groups in total. The van der Waals surface area contributed by atoms with Crippen LogP contribution in [0.1, 0.15) is 36.6 Å². The van der Waals surface area contributed by atoms with Gasteiger partial charge in [-0.3, -0.25) is 9.91 Å². The van der Waals surface area contributed by atoms with Crippen molar-refractivity contribution in [1.82, 2.24) is 15.2 Å². The lowest BCUT2D eigenvalue weighted by atomic mass is 10.0. The van der Waals surface area contributed by atoms with E-state index >= 15 is 0 Å². The van der Waals surface area contributed by atoms with E-state index in [1.807, 2.05) is 13.3 Å². The lowest BCUT2D eigenvalue weighted by Crippen LogP contribution is -2.45. The standard InChI is InChI=1S/C16H24N4/c1-17-9-12-20-16(19-10-5-2-6-11-19)15-8-4-3-7-14(15)13-18-20/h3-4,7-8,13,16-17H,2,5-6,9-12H2,1H3. The molecule has 0 spiro atoms. The lowest BCUT2D eigenvalue weighted by Gasteiger charge is -2.42. The Bertz CT molecular complexity index is 465. The fourth-order valence-corrected chi connectivity index (χ4v) is 3.18. The van der Waals surface area contributed by atoms with Crippen LogP contribution < -0.4 is 5.32 Å². The van der Waals surface area contributed by atoms with E-state index in [1.54, 1.807) is 0 Å². The summed E-state index contributed by atoms with van der Waals surface area (Å²) in [5.74, 6) is 0. The summed E-state index contributed by atoms with van der Waals surface area (Å²) in [5.41, 5.74) is 2.67. The van der Waals surface area contributed by atoms with Crippen LogP contribution >= 0.6 is 0 Å². The highest BCUT2D eigenvalue weighted by atomic mass is 15.5. The maximum atomic E-state index is 4.69. The van der Waals surface area contributed by atoms with Crippen molar-refractivity contribution in [1.29, 1.82) is 0 Å². The molecule has 4 nitrogen and oxygen atoms in total. The Morgan fingerprint density at radius 1 is 1.20 bits per heavy atom. The van der Waals surface area contributed by atoms with Gasteiger partial charge in [0, 0.05) is 25.2 Å². The van der Waals surface area contributed by atoms with Gasteiger partial charge in [-0.15, -0.1) is 0 Å². The Kier molecular flexibility index (Phi) is 4.33. The number of hydrogen-bond acceptors (Lipinski definition) is 4. The zero-order valence-corrected chi connectivity index (χ0v) is 12.3. The molecule has 0 aromatic heterocycles. The number of benzene rings is 1. The minimum absolute atomic E-state index is 0.310. The third kappa shape index (κ3) is 2.72. The van der Waals surface area contributed by atoms with Crippen LogP contribution in [-0.2, 0) is 0 Å². The summed E-state index contributed by atoms with van der Waals surface area (Å²) >= 11 is 0. The first-order valence-electron chi connectivity index (χ1n) is 7.68. The number of rotatable bonds is 4. The molecule has 2 aliphatic rings. The predicted molar refractivity (Wildman–Crippen MR) is 82.8 cm³/mol. The summed E-state index contributed by atoms with van der Waals surface area (Å²) in [7, 11) is 2.00. The lowest BCUT2D eigenvalue weighted by molar-refractivity contribution is 0.0277. The summed E-state index contributed by atoms with van der Waals surface area (Å²) in [6.45, 7) is 4.28. The summed E-state index contributed by atoms with van der Waals surface area (Å²) in [6, 6.07) is 8.67. The molecule has 20 heavy (non-hydrogen) atoms. The molecule has 2 aliphatic heterocycles. The van der Waals surface area contributed by atoms with Crippen molar-refractivity contribution < 1.29 is 0 Å². The van der Waals surface area contributed by atoms with Crippen LogP contribution in [0.4, 0.5) is 0 Å². The number of nitrogens with one attached hydrogen (secondary N) is 1. The SMILES string of the molecule is CNCCN1N=Cc2ccccc2C1N1CCCCC1. The van der Waals surface area contributed by atoms with E-state index in [0.717, 1.165) is 13.1 Å². The van der Waals surface area contributed by atoms with Crippen LogP contribution in [0, 0.1) is 0 Å². The van der Waals surface area contributed by atoms with Gasteiger partial charge in [0.1, 0.15) is 6.17 Å². The number of likely N-dealkylation sites (tertiary alicyclic amines) is 1. The van der Waals surface area contributed by atoms with E-state index in [-0.39, 0.29) is 0 Å². The zero-order chi connectivity index (χ0) is 13.8. The average molecular weight is 272 g/mol. The number of hydrazone groups is 1. The van der Waals surface area contributed by atoms with Crippen molar-refractivity contribution in [3.8, 4) is 0 Å². The molecule has 0 bridgehead atoms. The number of nitrogens with zero attached hydrogens (tertiary/aromatic N) is 3. The normalized spacial score (nSPS) is 22.9. The third-order valence-electron chi connectivity index (χ3n) is 4.23. The summed E-state index contributed by atoms with van der Waals surface area (Å²) in [6.07, 6.45) is 6.30. The summed E-state index contributed by atoms with van der Waals surface area (Å²) < 4.78 is 0. The highest BCUT2D eigenvalue weighted by molar-refractivity contribution is 5.82. The van der Waals surface area contributed by atoms with E-state index in [0.29, 0.717) is 6.17 Å². The van der Waals surface area contributed by atoms with E-state index in [4.69, 9.17) is 5.10 Å². The predicted octanol–water partition coefficient (Wildman–Crippen LogP) is 2.04. The molecular weight excluding hydrogens is 248 g/mol. The van der Waals surface area contributed by atoms with Crippen LogP contribution in [0.5, 0.6) is 0 Å². The Balaban J connectivity index is 1.88. The molecule has 2 heterocycles. The monoisotopic (exact) mass is 272 g/mol. The molecular formula is C16H24N4. The van der Waals surface area contributed by atoms with Crippen molar-refractivity contribution in [2.75, 3.05) is 33.2 Å². The molecule has 108 valence electrons. The number of fused-ring (bicyclic) bond motifs is 1. The Morgan fingerprint density at radius 3 is 2.80 bits per heavy atom. The van der Waals surface area contributed by atoms with E-state index < -0.39 is 0 Å². The van der Waals surface area contributed by atoms with E-state index in [1.165, 1.54) is 43.5 Å². The Hall–Kier alpha value is -1.39. The minimum atomic E-state index is 0.310. The Morgan fingerprint density at radius 2 is 2.00 bits per heavy atom. The van der Waals surface area contributed by atoms with Gasteiger partial charge < -0.3 is 5.32 Å². The molecule has 0 radical (unpaired) electrons. The third-order valence-corrected chi connectivity index (χ3v) is 4.23. The molecule has 1 unspecified atom stereocenters. The molecule has 1 aromatic carbocycles. The van der Waals surface area contributed by atoms with Gasteiger partial charge in [0.25, 0.3) is 0 Å². The topological polar surface area (TPSA) is 30.9 Å². The molecule has 0 aliphatic carbocycles. The number of likely N-dealkylation sites (N-methyl/N-ethyl adjacent to an activating group) is 1. The van der Waals surface area contributed by atoms with E-state index in [2.05, 4.69) is 39.5 Å². The largest absolute Gasteiger partial charge is 0.318 e. The van der Waals surface area contributed by atoms with Crippen LogP contribution in [0.3, 0.4) is 0 Å². The van der Waals surface area contributed by atoms with Gasteiger partial charge in [0.15, 0.2) is 0 Å². The first-order valence-corrected chi connectivity index (χ1v) is 7.68. The zero-order valence-electron chi connectivity index (χ0n) is 12.3. The molecule has 4 heteroatoms. The van der Waals surface area contributed by atoms with Crippen molar-refractivity contribution in [3.05, 3.63) is 35.4 Å². The second-order valence-electron chi connectivity index (χ2n) is 5.61. The number of piperidine rings is 1. The van der Waals surface area contributed by atoms with Crippen LogP contribution in [-0.4, -0.2) is 49.4 Å². The molecule has 0 amide bonds. The second kappa shape index (κ2) is 6.37. The first-order chi connectivity index (χ1) is 9.90. The van der Waals surface area contributed by atoms with Crippen molar-refractivity contribution >= 4 is 6.21 Å². The van der Waals surface area contributed by atoms with Gasteiger partial charge in [0.05, 0.1) is 12.8 Å². The highest BCUT2D eigenvalue weighted by Crippen LogP contribution is 2.32. The quantitative estimate of drug-likeness (QED) is 0.910. The first kappa shape index (κ1) is 13.6. The number of hydrogen-bond donors (Lipinski definition) is 1. The summed E-state index contributed by atoms with van der Waals surface area (Å²) in [5, 5.41) is 10.2. The molecule has 3 rings (SSSR count). The summed E-state index contributed by atoms with van der Waals surface area (Å²) in [4.78, 5) is 2.59. The van der Waals surface area contributed by atoms with Gasteiger partial charge in [-0.25, -0.2) is 0 Å². The van der Waals surface area contributed by atoms with Gasteiger partial charge in [-0.05, 0) is 25.5 Å². The van der Waals surface area contributed by atoms with Gasteiger partial charge >= 0.3 is 0 Å².